The standard InChI is InChI=1S/C24H27N3O4S/c1-14-6-7-15(2)18(12-14)27-23(29)22(28)25-11-10-21-16(3)26-24(32-21)17-8-9-19(30-4)20(13-17)31-5/h6-9,12-13H,10-11H2,1-5H3,(H,25,28)(H,27,29). The van der Waals surface area contributed by atoms with Crippen molar-refractivity contribution in [3.8, 4) is 22.1 Å². The van der Waals surface area contributed by atoms with Crippen molar-refractivity contribution in [3.63, 3.8) is 0 Å². The third-order valence-corrected chi connectivity index (χ3v) is 6.27. The van der Waals surface area contributed by atoms with Crippen LogP contribution in [0.4, 0.5) is 5.69 Å². The van der Waals surface area contributed by atoms with Gasteiger partial charge < -0.3 is 20.1 Å². The minimum absolute atomic E-state index is 0.341. The second-order valence-corrected chi connectivity index (χ2v) is 8.46. The van der Waals surface area contributed by atoms with Crippen molar-refractivity contribution >= 4 is 28.8 Å². The summed E-state index contributed by atoms with van der Waals surface area (Å²) < 4.78 is 10.7. The van der Waals surface area contributed by atoms with E-state index in [1.807, 2.05) is 57.2 Å². The number of amides is 2. The SMILES string of the molecule is COc1ccc(-c2nc(C)c(CCNC(=O)C(=O)Nc3cc(C)ccc3C)s2)cc1OC. The molecule has 168 valence electrons. The van der Waals surface area contributed by atoms with Gasteiger partial charge in [0.2, 0.25) is 0 Å². The van der Waals surface area contributed by atoms with Crippen LogP contribution in [0.25, 0.3) is 10.6 Å². The number of hydrogen-bond donors (Lipinski definition) is 2. The molecule has 0 spiro atoms. The molecule has 8 heteroatoms. The molecule has 3 aromatic rings. The zero-order valence-corrected chi connectivity index (χ0v) is 19.7. The van der Waals surface area contributed by atoms with Gasteiger partial charge in [-0.25, -0.2) is 4.98 Å². The fraction of sp³-hybridized carbons (Fsp3) is 0.292. The first-order valence-corrected chi connectivity index (χ1v) is 11.0. The van der Waals surface area contributed by atoms with E-state index in [1.54, 1.807) is 25.6 Å². The predicted molar refractivity (Wildman–Crippen MR) is 127 cm³/mol. The molecule has 0 saturated carbocycles. The van der Waals surface area contributed by atoms with Crippen molar-refractivity contribution in [1.29, 1.82) is 0 Å². The molecule has 0 aliphatic rings. The lowest BCUT2D eigenvalue weighted by Gasteiger charge is -2.09. The minimum atomic E-state index is -0.675. The molecule has 1 aromatic heterocycles. The summed E-state index contributed by atoms with van der Waals surface area (Å²) in [6.45, 7) is 6.09. The molecule has 0 radical (unpaired) electrons. The molecule has 2 N–H and O–H groups in total. The number of rotatable bonds is 7. The molecule has 2 aromatic carbocycles. The highest BCUT2D eigenvalue weighted by atomic mass is 32.1. The van der Waals surface area contributed by atoms with E-state index >= 15 is 0 Å². The topological polar surface area (TPSA) is 89.5 Å². The Bertz CT molecular complexity index is 1140. The summed E-state index contributed by atoms with van der Waals surface area (Å²) >= 11 is 1.55. The van der Waals surface area contributed by atoms with E-state index in [4.69, 9.17) is 9.47 Å². The van der Waals surface area contributed by atoms with Crippen LogP contribution in [0.2, 0.25) is 0 Å². The van der Waals surface area contributed by atoms with Crippen molar-refractivity contribution in [2.75, 3.05) is 26.1 Å². The lowest BCUT2D eigenvalue weighted by molar-refractivity contribution is -0.136. The first kappa shape index (κ1) is 23.3. The van der Waals surface area contributed by atoms with Gasteiger partial charge in [-0.05, 0) is 56.2 Å². The third kappa shape index (κ3) is 5.45. The van der Waals surface area contributed by atoms with Gasteiger partial charge in [0.25, 0.3) is 0 Å². The van der Waals surface area contributed by atoms with Gasteiger partial charge in [-0.2, -0.15) is 0 Å². The molecule has 32 heavy (non-hydrogen) atoms. The fourth-order valence-corrected chi connectivity index (χ4v) is 4.23. The maximum Gasteiger partial charge on any atom is 0.313 e. The Morgan fingerprint density at radius 1 is 0.969 bits per heavy atom. The number of benzene rings is 2. The number of nitrogens with one attached hydrogen (secondary N) is 2. The summed E-state index contributed by atoms with van der Waals surface area (Å²) in [6, 6.07) is 11.4. The van der Waals surface area contributed by atoms with E-state index < -0.39 is 11.8 Å². The molecule has 0 saturated heterocycles. The van der Waals surface area contributed by atoms with Crippen molar-refractivity contribution in [2.24, 2.45) is 0 Å². The Kier molecular flexibility index (Phi) is 7.48. The van der Waals surface area contributed by atoms with Crippen molar-refractivity contribution in [2.45, 2.75) is 27.2 Å². The van der Waals surface area contributed by atoms with Crippen LogP contribution in [-0.4, -0.2) is 37.6 Å². The number of aryl methyl sites for hydroxylation is 3. The number of carbonyl (C=O) groups excluding carboxylic acids is 2. The van der Waals surface area contributed by atoms with Crippen LogP contribution in [0.1, 0.15) is 21.7 Å². The molecule has 3 rings (SSSR count). The normalized spacial score (nSPS) is 10.5. The van der Waals surface area contributed by atoms with Gasteiger partial charge in [-0.1, -0.05) is 12.1 Å². The Morgan fingerprint density at radius 2 is 1.72 bits per heavy atom. The second kappa shape index (κ2) is 10.3. The van der Waals surface area contributed by atoms with Crippen LogP contribution in [0, 0.1) is 20.8 Å². The predicted octanol–water partition coefficient (Wildman–Crippen LogP) is 4.05. The number of aromatic nitrogens is 1. The zero-order valence-electron chi connectivity index (χ0n) is 18.9. The summed E-state index contributed by atoms with van der Waals surface area (Å²) in [5, 5.41) is 6.22. The van der Waals surface area contributed by atoms with Crippen LogP contribution in [0.3, 0.4) is 0 Å². The molecule has 0 fully saturated rings. The van der Waals surface area contributed by atoms with Gasteiger partial charge in [0.05, 0.1) is 19.9 Å². The van der Waals surface area contributed by atoms with Gasteiger partial charge in [0.15, 0.2) is 11.5 Å². The summed E-state index contributed by atoms with van der Waals surface area (Å²) in [6.07, 6.45) is 0.583. The van der Waals surface area contributed by atoms with E-state index in [1.165, 1.54) is 0 Å². The quantitative estimate of drug-likeness (QED) is 0.527. The number of hydrogen-bond acceptors (Lipinski definition) is 6. The van der Waals surface area contributed by atoms with Crippen molar-refractivity contribution in [3.05, 3.63) is 58.1 Å². The average Bonchev–Trinajstić information content (AvgIpc) is 3.16. The lowest BCUT2D eigenvalue weighted by Crippen LogP contribution is -2.36. The average molecular weight is 454 g/mol. The Balaban J connectivity index is 1.59. The first-order valence-electron chi connectivity index (χ1n) is 10.2. The number of thiazole rings is 1. The number of ether oxygens (including phenoxy) is 2. The van der Waals surface area contributed by atoms with E-state index in [2.05, 4.69) is 15.6 Å². The van der Waals surface area contributed by atoms with Gasteiger partial charge in [0, 0.05) is 29.1 Å². The maximum atomic E-state index is 12.2. The summed E-state index contributed by atoms with van der Waals surface area (Å²) in [7, 11) is 3.19. The smallest absolute Gasteiger partial charge is 0.313 e. The van der Waals surface area contributed by atoms with Crippen molar-refractivity contribution < 1.29 is 19.1 Å². The van der Waals surface area contributed by atoms with E-state index in [9.17, 15) is 9.59 Å². The van der Waals surface area contributed by atoms with Gasteiger partial charge >= 0.3 is 11.8 Å². The highest BCUT2D eigenvalue weighted by Crippen LogP contribution is 2.35. The molecule has 2 amide bonds. The van der Waals surface area contributed by atoms with E-state index in [-0.39, 0.29) is 0 Å². The lowest BCUT2D eigenvalue weighted by atomic mass is 10.1. The highest BCUT2D eigenvalue weighted by Gasteiger charge is 2.16. The molecular weight excluding hydrogens is 426 g/mol. The molecule has 0 aliphatic heterocycles. The first-order chi connectivity index (χ1) is 15.3. The Labute approximate surface area is 191 Å². The monoisotopic (exact) mass is 453 g/mol. The summed E-state index contributed by atoms with van der Waals surface area (Å²) in [5.41, 5.74) is 4.38. The Morgan fingerprint density at radius 3 is 2.44 bits per heavy atom. The third-order valence-electron chi connectivity index (χ3n) is 5.01. The van der Waals surface area contributed by atoms with E-state index in [0.29, 0.717) is 30.2 Å². The number of nitrogens with zero attached hydrogens (tertiary/aromatic N) is 1. The largest absolute Gasteiger partial charge is 0.493 e. The minimum Gasteiger partial charge on any atom is -0.493 e. The zero-order chi connectivity index (χ0) is 23.3. The van der Waals surface area contributed by atoms with Crippen LogP contribution in [0.5, 0.6) is 11.5 Å². The van der Waals surface area contributed by atoms with Crippen LogP contribution >= 0.6 is 11.3 Å². The van der Waals surface area contributed by atoms with Gasteiger partial charge in [0.1, 0.15) is 5.01 Å². The summed E-state index contributed by atoms with van der Waals surface area (Å²) in [5.74, 6) is -0.0351. The number of carbonyl (C=O) groups is 2. The second-order valence-electron chi connectivity index (χ2n) is 7.38. The maximum absolute atomic E-state index is 12.2. The molecule has 7 nitrogen and oxygen atoms in total. The summed E-state index contributed by atoms with van der Waals surface area (Å²) in [4.78, 5) is 30.1. The molecular formula is C24H27N3O4S. The Hall–Kier alpha value is -3.39. The number of anilines is 1. The van der Waals surface area contributed by atoms with Crippen LogP contribution < -0.4 is 20.1 Å². The molecule has 0 unspecified atom stereocenters. The van der Waals surface area contributed by atoms with Crippen molar-refractivity contribution in [1.82, 2.24) is 10.3 Å². The van der Waals surface area contributed by atoms with E-state index in [0.717, 1.165) is 32.3 Å². The molecule has 0 aliphatic carbocycles. The van der Waals surface area contributed by atoms with Crippen LogP contribution in [-0.2, 0) is 16.0 Å². The van der Waals surface area contributed by atoms with Crippen LogP contribution in [0.15, 0.2) is 36.4 Å². The number of methoxy groups -OCH3 is 2. The van der Waals surface area contributed by atoms with Gasteiger partial charge in [-0.15, -0.1) is 11.3 Å². The molecule has 1 heterocycles. The fourth-order valence-electron chi connectivity index (χ4n) is 3.17. The van der Waals surface area contributed by atoms with Gasteiger partial charge in [-0.3, -0.25) is 9.59 Å². The highest BCUT2D eigenvalue weighted by molar-refractivity contribution is 7.15. The molecule has 0 bridgehead atoms. The molecule has 0 atom stereocenters.